The first kappa shape index (κ1) is 31.2. The summed E-state index contributed by atoms with van der Waals surface area (Å²) in [7, 11) is 0. The Labute approximate surface area is 262 Å². The van der Waals surface area contributed by atoms with Crippen LogP contribution in [0.4, 0.5) is 0 Å². The van der Waals surface area contributed by atoms with Gasteiger partial charge in [-0.2, -0.15) is 0 Å². The molecule has 9 heteroatoms. The van der Waals surface area contributed by atoms with Gasteiger partial charge in [0.1, 0.15) is 11.6 Å². The highest BCUT2D eigenvalue weighted by molar-refractivity contribution is 9.09. The summed E-state index contributed by atoms with van der Waals surface area (Å²) in [6.07, 6.45) is 3.94. The van der Waals surface area contributed by atoms with Gasteiger partial charge in [0.25, 0.3) is 0 Å². The van der Waals surface area contributed by atoms with Crippen molar-refractivity contribution in [3.63, 3.8) is 0 Å². The first-order valence-corrected chi connectivity index (χ1v) is 15.9. The third-order valence-corrected chi connectivity index (χ3v) is 9.82. The number of hydrogen-bond acceptors (Lipinski definition) is 5. The zero-order valence-corrected chi connectivity index (χ0v) is 26.1. The molecule has 0 aromatic heterocycles. The number of rotatable bonds is 13. The highest BCUT2D eigenvalue weighted by Gasteiger charge is 2.77. The number of aliphatic hydroxyl groups excluding tert-OH is 1. The number of likely N-dealkylation sites (tertiary alicyclic amines) is 1. The highest BCUT2D eigenvalue weighted by atomic mass is 79.9. The van der Waals surface area contributed by atoms with Crippen LogP contribution in [-0.2, 0) is 25.7 Å². The number of hydrogen-bond donors (Lipinski definition) is 1. The van der Waals surface area contributed by atoms with Crippen LogP contribution in [0, 0.1) is 11.8 Å². The zero-order chi connectivity index (χ0) is 30.7. The zero-order valence-electron chi connectivity index (χ0n) is 24.6. The molecule has 1 spiro atoms. The molecule has 2 bridgehead atoms. The summed E-state index contributed by atoms with van der Waals surface area (Å²) in [5.74, 6) is -2.43. The van der Waals surface area contributed by atoms with Gasteiger partial charge in [-0.15, -0.1) is 13.2 Å². The number of carbonyl (C=O) groups excluding carboxylic acids is 3. The lowest BCUT2D eigenvalue weighted by atomic mass is 9.70. The molecule has 3 aliphatic rings. The second kappa shape index (κ2) is 13.2. The summed E-state index contributed by atoms with van der Waals surface area (Å²) in [6.45, 7) is 10.8. The van der Waals surface area contributed by atoms with Gasteiger partial charge in [-0.25, -0.2) is 0 Å². The van der Waals surface area contributed by atoms with Crippen LogP contribution in [-0.4, -0.2) is 86.3 Å². The minimum absolute atomic E-state index is 0.170. The summed E-state index contributed by atoms with van der Waals surface area (Å²) in [4.78, 5) is 48.4. The molecular formula is C34H40BrN3O5. The van der Waals surface area contributed by atoms with Crippen molar-refractivity contribution >= 4 is 33.7 Å². The molecular weight excluding hydrogens is 610 g/mol. The lowest BCUT2D eigenvalue weighted by Gasteiger charge is -2.39. The number of benzene rings is 2. The predicted molar refractivity (Wildman–Crippen MR) is 168 cm³/mol. The minimum atomic E-state index is -1.24. The van der Waals surface area contributed by atoms with E-state index in [0.717, 1.165) is 12.0 Å². The molecule has 3 unspecified atom stereocenters. The number of halogens is 1. The van der Waals surface area contributed by atoms with Crippen molar-refractivity contribution in [3.8, 4) is 0 Å². The van der Waals surface area contributed by atoms with E-state index in [1.54, 1.807) is 22.0 Å². The van der Waals surface area contributed by atoms with Crippen molar-refractivity contribution in [2.75, 3.05) is 26.2 Å². The molecule has 3 amide bonds. The van der Waals surface area contributed by atoms with Gasteiger partial charge in [0.15, 0.2) is 0 Å². The van der Waals surface area contributed by atoms with Crippen molar-refractivity contribution in [1.29, 1.82) is 0 Å². The Morgan fingerprint density at radius 3 is 2.30 bits per heavy atom. The maximum absolute atomic E-state index is 14.8. The van der Waals surface area contributed by atoms with Gasteiger partial charge in [0.05, 0.1) is 30.6 Å². The molecule has 3 aliphatic heterocycles. The van der Waals surface area contributed by atoms with E-state index in [-0.39, 0.29) is 35.7 Å². The molecule has 0 radical (unpaired) electrons. The Balaban J connectivity index is 1.62. The van der Waals surface area contributed by atoms with Crippen LogP contribution in [0.3, 0.4) is 0 Å². The maximum Gasteiger partial charge on any atom is 0.249 e. The molecule has 5 rings (SSSR count). The van der Waals surface area contributed by atoms with Crippen LogP contribution in [0.2, 0.25) is 0 Å². The van der Waals surface area contributed by atoms with Crippen LogP contribution in [0.5, 0.6) is 0 Å². The molecule has 2 aromatic carbocycles. The average molecular weight is 651 g/mol. The third kappa shape index (κ3) is 5.47. The van der Waals surface area contributed by atoms with E-state index < -0.39 is 35.6 Å². The van der Waals surface area contributed by atoms with Gasteiger partial charge in [0, 0.05) is 31.0 Å². The van der Waals surface area contributed by atoms with E-state index in [1.165, 1.54) is 4.90 Å². The first-order valence-electron chi connectivity index (χ1n) is 15.0. The van der Waals surface area contributed by atoms with Crippen LogP contribution >= 0.6 is 15.9 Å². The lowest BCUT2D eigenvalue weighted by molar-refractivity contribution is -0.152. The Hall–Kier alpha value is -3.27. The normalized spacial score (nSPS) is 27.9. The molecule has 1 N–H and O–H groups in total. The third-order valence-electron chi connectivity index (χ3n) is 8.97. The second-order valence-electron chi connectivity index (χ2n) is 11.6. The van der Waals surface area contributed by atoms with E-state index in [2.05, 4.69) is 29.1 Å². The van der Waals surface area contributed by atoms with Gasteiger partial charge in [-0.05, 0) is 24.0 Å². The van der Waals surface area contributed by atoms with E-state index in [4.69, 9.17) is 4.74 Å². The molecule has 228 valence electrons. The largest absolute Gasteiger partial charge is 0.394 e. The number of ether oxygens (including phenoxy) is 1. The van der Waals surface area contributed by atoms with Gasteiger partial charge >= 0.3 is 0 Å². The summed E-state index contributed by atoms with van der Waals surface area (Å²) in [5, 5.41) is 10.7. The van der Waals surface area contributed by atoms with Gasteiger partial charge in [0.2, 0.25) is 17.7 Å². The molecule has 43 heavy (non-hydrogen) atoms. The topological polar surface area (TPSA) is 90.4 Å². The number of aliphatic hydroxyl groups is 1. The van der Waals surface area contributed by atoms with Crippen molar-refractivity contribution in [2.24, 2.45) is 11.8 Å². The fourth-order valence-electron chi connectivity index (χ4n) is 7.29. The molecule has 7 atom stereocenters. The number of alkyl halides is 1. The Morgan fingerprint density at radius 2 is 1.70 bits per heavy atom. The molecule has 0 saturated carbocycles. The summed E-state index contributed by atoms with van der Waals surface area (Å²) < 4.78 is 6.74. The summed E-state index contributed by atoms with van der Waals surface area (Å²) in [5.41, 5.74) is 0.405. The molecule has 3 saturated heterocycles. The van der Waals surface area contributed by atoms with Crippen LogP contribution < -0.4 is 0 Å². The van der Waals surface area contributed by atoms with E-state index in [0.29, 0.717) is 31.6 Å². The molecule has 0 aliphatic carbocycles. The van der Waals surface area contributed by atoms with Gasteiger partial charge in [-0.3, -0.25) is 14.4 Å². The second-order valence-corrected chi connectivity index (χ2v) is 12.8. The lowest BCUT2D eigenvalue weighted by Crippen LogP contribution is -2.57. The summed E-state index contributed by atoms with van der Waals surface area (Å²) >= 11 is 3.76. The van der Waals surface area contributed by atoms with Crippen molar-refractivity contribution in [3.05, 3.63) is 97.1 Å². The SMILES string of the molecule is C=CCN(Cc1ccccc1)C(=O)C1N([C@H](CO)c2ccccc2)C(=O)[C@@H]2[C@H](C(=O)N(CC=C)CCC)[C@H]3OC12CC3Br. The monoisotopic (exact) mass is 649 g/mol. The van der Waals surface area contributed by atoms with Crippen LogP contribution in [0.15, 0.2) is 86.0 Å². The smallest absolute Gasteiger partial charge is 0.249 e. The minimum Gasteiger partial charge on any atom is -0.394 e. The van der Waals surface area contributed by atoms with Crippen LogP contribution in [0.1, 0.15) is 36.9 Å². The Bertz CT molecular complexity index is 1340. The fourth-order valence-corrected chi connectivity index (χ4v) is 8.23. The van der Waals surface area contributed by atoms with Gasteiger partial charge < -0.3 is 24.5 Å². The molecule has 3 heterocycles. The Kier molecular flexibility index (Phi) is 9.54. The van der Waals surface area contributed by atoms with Gasteiger partial charge in [-0.1, -0.05) is 95.7 Å². The van der Waals surface area contributed by atoms with Crippen molar-refractivity contribution in [2.45, 2.75) is 54.9 Å². The maximum atomic E-state index is 14.8. The van der Waals surface area contributed by atoms with E-state index >= 15 is 0 Å². The van der Waals surface area contributed by atoms with Crippen molar-refractivity contribution < 1.29 is 24.2 Å². The number of carbonyl (C=O) groups is 3. The van der Waals surface area contributed by atoms with E-state index in [1.807, 2.05) is 67.6 Å². The highest BCUT2D eigenvalue weighted by Crippen LogP contribution is 2.61. The number of nitrogens with zero attached hydrogens (tertiary/aromatic N) is 3. The van der Waals surface area contributed by atoms with Crippen molar-refractivity contribution in [1.82, 2.24) is 14.7 Å². The average Bonchev–Trinajstić information content (AvgIpc) is 3.61. The number of amides is 3. The molecule has 3 fully saturated rings. The molecule has 8 nitrogen and oxygen atoms in total. The van der Waals surface area contributed by atoms with Crippen LogP contribution in [0.25, 0.3) is 0 Å². The fraction of sp³-hybridized carbons (Fsp3) is 0.441. The first-order chi connectivity index (χ1) is 20.8. The quantitative estimate of drug-likeness (QED) is 0.261. The molecule has 2 aromatic rings. The number of fused-ring (bicyclic) bond motifs is 1. The summed E-state index contributed by atoms with van der Waals surface area (Å²) in [6, 6.07) is 17.0. The Morgan fingerprint density at radius 1 is 1.07 bits per heavy atom. The van der Waals surface area contributed by atoms with E-state index in [9.17, 15) is 19.5 Å². The predicted octanol–water partition coefficient (Wildman–Crippen LogP) is 4.11. The standard InChI is InChI=1S/C34H40BrN3O5/c1-4-17-36(18-5-2)31(40)27-28-32(41)38(26(22-39)24-15-11-8-12-16-24)30(34(28)20-25(35)29(27)43-34)33(42)37(19-6-3)21-23-13-9-7-10-14-23/h4,6-16,25-30,39H,1,3,5,17-22H2,2H3/t25?,26-,27+,28+,29+,30?,34?/m1/s1.